The minimum atomic E-state index is -3.46. The maximum absolute atomic E-state index is 13.1. The molecule has 0 bridgehead atoms. The monoisotopic (exact) mass is 406 g/mol. The highest BCUT2D eigenvalue weighted by molar-refractivity contribution is 7.89. The van der Waals surface area contributed by atoms with Crippen molar-refractivity contribution >= 4 is 27.5 Å². The Bertz CT molecular complexity index is 920. The fourth-order valence-corrected chi connectivity index (χ4v) is 4.59. The highest BCUT2D eigenvalue weighted by Gasteiger charge is 2.42. The van der Waals surface area contributed by atoms with Gasteiger partial charge in [-0.15, -0.1) is 0 Å². The summed E-state index contributed by atoms with van der Waals surface area (Å²) in [6.07, 6.45) is 3.63. The number of hydrogen-bond acceptors (Lipinski definition) is 3. The summed E-state index contributed by atoms with van der Waals surface area (Å²) in [7, 11) is -2.08. The SMILES string of the molecule is CNS(=O)(=O)c1ccc(CNC(=O)C2(c3cccc(Cl)c3)CCCC2)cc1. The van der Waals surface area contributed by atoms with Gasteiger partial charge in [0.2, 0.25) is 15.9 Å². The third kappa shape index (κ3) is 4.18. The van der Waals surface area contributed by atoms with E-state index in [1.165, 1.54) is 19.2 Å². The van der Waals surface area contributed by atoms with Crippen molar-refractivity contribution in [2.75, 3.05) is 7.05 Å². The van der Waals surface area contributed by atoms with E-state index in [0.717, 1.165) is 36.8 Å². The zero-order valence-electron chi connectivity index (χ0n) is 15.2. The lowest BCUT2D eigenvalue weighted by Gasteiger charge is -2.28. The number of hydrogen-bond donors (Lipinski definition) is 2. The Morgan fingerprint density at radius 2 is 1.78 bits per heavy atom. The van der Waals surface area contributed by atoms with Gasteiger partial charge in [0.1, 0.15) is 0 Å². The normalized spacial score (nSPS) is 16.2. The molecule has 1 saturated carbocycles. The van der Waals surface area contributed by atoms with Gasteiger partial charge in [-0.05, 0) is 55.3 Å². The molecule has 0 spiro atoms. The van der Waals surface area contributed by atoms with Crippen LogP contribution in [0.5, 0.6) is 0 Å². The molecule has 1 fully saturated rings. The summed E-state index contributed by atoms with van der Waals surface area (Å²) in [5.74, 6) is -0.00538. The highest BCUT2D eigenvalue weighted by Crippen LogP contribution is 2.42. The largest absolute Gasteiger partial charge is 0.351 e. The van der Waals surface area contributed by atoms with Crippen LogP contribution in [-0.4, -0.2) is 21.4 Å². The lowest BCUT2D eigenvalue weighted by molar-refractivity contribution is -0.126. The van der Waals surface area contributed by atoms with Gasteiger partial charge in [-0.1, -0.05) is 48.7 Å². The van der Waals surface area contributed by atoms with E-state index in [1.54, 1.807) is 12.1 Å². The Hall–Kier alpha value is -1.89. The molecule has 0 heterocycles. The summed E-state index contributed by atoms with van der Waals surface area (Å²) < 4.78 is 25.9. The van der Waals surface area contributed by atoms with E-state index in [0.29, 0.717) is 11.6 Å². The topological polar surface area (TPSA) is 75.3 Å². The molecule has 0 atom stereocenters. The van der Waals surface area contributed by atoms with E-state index in [4.69, 9.17) is 11.6 Å². The Kier molecular flexibility index (Phi) is 5.89. The van der Waals surface area contributed by atoms with E-state index < -0.39 is 15.4 Å². The fourth-order valence-electron chi connectivity index (χ4n) is 3.67. The van der Waals surface area contributed by atoms with Crippen molar-refractivity contribution in [3.63, 3.8) is 0 Å². The van der Waals surface area contributed by atoms with E-state index in [9.17, 15) is 13.2 Å². The number of rotatable bonds is 6. The zero-order chi connectivity index (χ0) is 19.5. The van der Waals surface area contributed by atoms with Gasteiger partial charge >= 0.3 is 0 Å². The highest BCUT2D eigenvalue weighted by atomic mass is 35.5. The first-order valence-electron chi connectivity index (χ1n) is 8.94. The smallest absolute Gasteiger partial charge is 0.240 e. The van der Waals surface area contributed by atoms with Crippen LogP contribution in [-0.2, 0) is 26.8 Å². The van der Waals surface area contributed by atoms with Crippen LogP contribution in [0.1, 0.15) is 36.8 Å². The lowest BCUT2D eigenvalue weighted by atomic mass is 9.78. The molecule has 0 saturated heterocycles. The van der Waals surface area contributed by atoms with Crippen LogP contribution in [0.2, 0.25) is 5.02 Å². The minimum Gasteiger partial charge on any atom is -0.351 e. The minimum absolute atomic E-state index is 0.00538. The van der Waals surface area contributed by atoms with E-state index in [1.807, 2.05) is 24.3 Å². The number of carbonyl (C=O) groups excluding carboxylic acids is 1. The van der Waals surface area contributed by atoms with E-state index in [-0.39, 0.29) is 10.8 Å². The Balaban J connectivity index is 1.74. The number of amides is 1. The second-order valence-electron chi connectivity index (χ2n) is 6.83. The third-order valence-corrected chi connectivity index (χ3v) is 6.89. The molecule has 27 heavy (non-hydrogen) atoms. The van der Waals surface area contributed by atoms with Crippen molar-refractivity contribution < 1.29 is 13.2 Å². The zero-order valence-corrected chi connectivity index (χ0v) is 16.7. The number of halogens is 1. The fraction of sp³-hybridized carbons (Fsp3) is 0.350. The first-order chi connectivity index (χ1) is 12.9. The molecule has 0 aromatic heterocycles. The van der Waals surface area contributed by atoms with Crippen LogP contribution in [0.4, 0.5) is 0 Å². The summed E-state index contributed by atoms with van der Waals surface area (Å²) in [5.41, 5.74) is 1.26. The first-order valence-corrected chi connectivity index (χ1v) is 10.8. The predicted octanol–water partition coefficient (Wildman–Crippen LogP) is 3.38. The van der Waals surface area contributed by atoms with Crippen molar-refractivity contribution in [2.24, 2.45) is 0 Å². The van der Waals surface area contributed by atoms with Crippen LogP contribution in [0, 0.1) is 0 Å². The molecule has 1 aliphatic rings. The molecule has 1 amide bonds. The number of nitrogens with one attached hydrogen (secondary N) is 2. The average Bonchev–Trinajstić information content (AvgIpc) is 3.18. The van der Waals surface area contributed by atoms with E-state index >= 15 is 0 Å². The van der Waals surface area contributed by atoms with Crippen molar-refractivity contribution in [3.05, 3.63) is 64.7 Å². The van der Waals surface area contributed by atoms with Gasteiger partial charge in [0, 0.05) is 11.6 Å². The lowest BCUT2D eigenvalue weighted by Crippen LogP contribution is -2.42. The molecule has 144 valence electrons. The molecule has 0 unspecified atom stereocenters. The first kappa shape index (κ1) is 19.9. The van der Waals surface area contributed by atoms with Crippen molar-refractivity contribution in [1.82, 2.24) is 10.0 Å². The summed E-state index contributed by atoms with van der Waals surface area (Å²) in [4.78, 5) is 13.3. The van der Waals surface area contributed by atoms with Gasteiger partial charge in [0.15, 0.2) is 0 Å². The predicted molar refractivity (Wildman–Crippen MR) is 106 cm³/mol. The van der Waals surface area contributed by atoms with Gasteiger partial charge in [-0.3, -0.25) is 4.79 Å². The Morgan fingerprint density at radius 3 is 2.37 bits per heavy atom. The van der Waals surface area contributed by atoms with Gasteiger partial charge in [-0.2, -0.15) is 0 Å². The van der Waals surface area contributed by atoms with Gasteiger partial charge in [-0.25, -0.2) is 13.1 Å². The van der Waals surface area contributed by atoms with Gasteiger partial charge in [0.05, 0.1) is 10.3 Å². The molecule has 0 radical (unpaired) electrons. The molecule has 2 aromatic rings. The van der Waals surface area contributed by atoms with E-state index in [2.05, 4.69) is 10.0 Å². The maximum Gasteiger partial charge on any atom is 0.240 e. The Morgan fingerprint density at radius 1 is 1.11 bits per heavy atom. The average molecular weight is 407 g/mol. The standard InChI is InChI=1S/C20H23ClN2O3S/c1-22-27(25,26)18-9-7-15(8-10-18)14-23-19(24)20(11-2-3-12-20)16-5-4-6-17(21)13-16/h4-10,13,22H,2-3,11-12,14H2,1H3,(H,23,24). The number of carbonyl (C=O) groups is 1. The van der Waals surface area contributed by atoms with Crippen LogP contribution in [0.25, 0.3) is 0 Å². The van der Waals surface area contributed by atoms with Crippen LogP contribution >= 0.6 is 11.6 Å². The molecule has 3 rings (SSSR count). The van der Waals surface area contributed by atoms with Gasteiger partial charge in [0.25, 0.3) is 0 Å². The molecule has 2 aromatic carbocycles. The summed E-state index contributed by atoms with van der Waals surface area (Å²) in [5, 5.41) is 3.66. The summed E-state index contributed by atoms with van der Waals surface area (Å²) >= 11 is 6.14. The molecule has 7 heteroatoms. The van der Waals surface area contributed by atoms with Crippen molar-refractivity contribution in [3.8, 4) is 0 Å². The van der Waals surface area contributed by atoms with Crippen LogP contribution in [0.15, 0.2) is 53.4 Å². The number of sulfonamides is 1. The second-order valence-corrected chi connectivity index (χ2v) is 9.16. The molecule has 5 nitrogen and oxygen atoms in total. The summed E-state index contributed by atoms with van der Waals surface area (Å²) in [6.45, 7) is 0.348. The third-order valence-electron chi connectivity index (χ3n) is 5.22. The van der Waals surface area contributed by atoms with Crippen LogP contribution < -0.4 is 10.0 Å². The molecule has 2 N–H and O–H groups in total. The maximum atomic E-state index is 13.1. The quantitative estimate of drug-likeness (QED) is 0.772. The van der Waals surface area contributed by atoms with Crippen LogP contribution in [0.3, 0.4) is 0 Å². The Labute approximate surface area is 165 Å². The van der Waals surface area contributed by atoms with Crippen molar-refractivity contribution in [1.29, 1.82) is 0 Å². The summed E-state index contributed by atoms with van der Waals surface area (Å²) in [6, 6.07) is 14.0. The molecular formula is C20H23ClN2O3S. The van der Waals surface area contributed by atoms with Gasteiger partial charge < -0.3 is 5.32 Å². The second kappa shape index (κ2) is 8.00. The molecule has 1 aliphatic carbocycles. The molecular weight excluding hydrogens is 384 g/mol. The number of benzene rings is 2. The molecule has 0 aliphatic heterocycles. The van der Waals surface area contributed by atoms with Crippen molar-refractivity contribution in [2.45, 2.75) is 42.5 Å².